The highest BCUT2D eigenvalue weighted by molar-refractivity contribution is 6.06. The Bertz CT molecular complexity index is 2220. The summed E-state index contributed by atoms with van der Waals surface area (Å²) in [6.07, 6.45) is 0. The van der Waals surface area contributed by atoms with E-state index >= 15 is 0 Å². The molecule has 0 atom stereocenters. The van der Waals surface area contributed by atoms with Crippen LogP contribution in [0.3, 0.4) is 0 Å². The molecule has 2 heterocycles. The number of aromatic nitrogens is 3. The molecule has 2 aromatic heterocycles. The molecular weight excluding hydrogens is 526 g/mol. The zero-order chi connectivity index (χ0) is 28.6. The molecule has 0 saturated heterocycles. The molecule has 0 radical (unpaired) electrons. The quantitative estimate of drug-likeness (QED) is 0.214. The van der Waals surface area contributed by atoms with E-state index in [1.54, 1.807) is 0 Å². The molecule has 202 valence electrons. The van der Waals surface area contributed by atoms with Crippen LogP contribution in [0.1, 0.15) is 0 Å². The van der Waals surface area contributed by atoms with E-state index in [0.717, 1.165) is 55.3 Å². The fraction of sp³-hybridized carbons (Fsp3) is 0. The second kappa shape index (κ2) is 10.5. The summed E-state index contributed by atoms with van der Waals surface area (Å²) in [7, 11) is 0. The Hall–Kier alpha value is -5.87. The highest BCUT2D eigenvalue weighted by atomic mass is 16.3. The van der Waals surface area contributed by atoms with Crippen LogP contribution in [0.15, 0.2) is 156 Å². The molecule has 0 unspecified atom stereocenters. The lowest BCUT2D eigenvalue weighted by Crippen LogP contribution is -2.00. The molecule has 6 aromatic carbocycles. The predicted octanol–water partition coefficient (Wildman–Crippen LogP) is 10.1. The second-order valence-electron chi connectivity index (χ2n) is 10.5. The smallest absolute Gasteiger partial charge is 0.164 e. The Balaban J connectivity index is 1.22. The molecule has 0 saturated carbocycles. The molecule has 0 bridgehead atoms. The van der Waals surface area contributed by atoms with Crippen LogP contribution in [-0.4, -0.2) is 15.0 Å². The summed E-state index contributed by atoms with van der Waals surface area (Å²) in [6, 6.07) is 51.7. The summed E-state index contributed by atoms with van der Waals surface area (Å²) in [5.41, 5.74) is 9.10. The first-order valence-corrected chi connectivity index (χ1v) is 14.3. The van der Waals surface area contributed by atoms with Crippen LogP contribution in [0.2, 0.25) is 0 Å². The van der Waals surface area contributed by atoms with Crippen molar-refractivity contribution in [3.63, 3.8) is 0 Å². The van der Waals surface area contributed by atoms with Crippen LogP contribution < -0.4 is 0 Å². The molecule has 0 aliphatic rings. The minimum atomic E-state index is 0.632. The topological polar surface area (TPSA) is 51.8 Å². The van der Waals surface area contributed by atoms with Crippen LogP contribution in [0, 0.1) is 0 Å². The summed E-state index contributed by atoms with van der Waals surface area (Å²) in [4.78, 5) is 14.8. The van der Waals surface area contributed by atoms with Crippen molar-refractivity contribution in [2.45, 2.75) is 0 Å². The second-order valence-corrected chi connectivity index (χ2v) is 10.5. The molecule has 0 aliphatic carbocycles. The lowest BCUT2D eigenvalue weighted by molar-refractivity contribution is 0.669. The highest BCUT2D eigenvalue weighted by Gasteiger charge is 2.14. The van der Waals surface area contributed by atoms with Gasteiger partial charge in [0.15, 0.2) is 17.5 Å². The molecule has 43 heavy (non-hydrogen) atoms. The number of hydrogen-bond donors (Lipinski definition) is 0. The van der Waals surface area contributed by atoms with E-state index in [2.05, 4.69) is 91.0 Å². The van der Waals surface area contributed by atoms with Gasteiger partial charge >= 0.3 is 0 Å². The molecule has 4 heteroatoms. The first kappa shape index (κ1) is 24.9. The van der Waals surface area contributed by atoms with E-state index in [9.17, 15) is 0 Å². The molecule has 0 aliphatic heterocycles. The molecular formula is C39H25N3O. The van der Waals surface area contributed by atoms with Crippen LogP contribution in [-0.2, 0) is 0 Å². The molecule has 0 spiro atoms. The van der Waals surface area contributed by atoms with Gasteiger partial charge in [0.05, 0.1) is 0 Å². The van der Waals surface area contributed by atoms with Gasteiger partial charge in [0.1, 0.15) is 11.2 Å². The van der Waals surface area contributed by atoms with Crippen molar-refractivity contribution in [1.82, 2.24) is 15.0 Å². The van der Waals surface area contributed by atoms with E-state index < -0.39 is 0 Å². The van der Waals surface area contributed by atoms with Crippen molar-refractivity contribution in [1.29, 1.82) is 0 Å². The van der Waals surface area contributed by atoms with E-state index in [-0.39, 0.29) is 0 Å². The average molecular weight is 552 g/mol. The van der Waals surface area contributed by atoms with Crippen molar-refractivity contribution in [3.05, 3.63) is 152 Å². The first-order chi connectivity index (χ1) is 21.3. The van der Waals surface area contributed by atoms with E-state index in [1.807, 2.05) is 60.7 Å². The standard InChI is InChI=1S/C39H25N3O/c1-3-10-26(11-4-1)27-18-20-29(21-19-27)38-40-37(28-12-5-2-6-13-28)41-39(42-38)32-15-9-14-30(24-32)31-22-23-36-34(25-31)33-16-7-8-17-35(33)43-36/h1-25H. The Morgan fingerprint density at radius 1 is 0.302 bits per heavy atom. The number of fused-ring (bicyclic) bond motifs is 3. The van der Waals surface area contributed by atoms with Gasteiger partial charge in [-0.05, 0) is 46.5 Å². The monoisotopic (exact) mass is 551 g/mol. The van der Waals surface area contributed by atoms with Gasteiger partial charge in [-0.1, -0.05) is 127 Å². The minimum absolute atomic E-state index is 0.632. The third kappa shape index (κ3) is 4.75. The Morgan fingerprint density at radius 3 is 1.51 bits per heavy atom. The fourth-order valence-electron chi connectivity index (χ4n) is 5.54. The van der Waals surface area contributed by atoms with E-state index in [1.165, 1.54) is 5.56 Å². The van der Waals surface area contributed by atoms with Gasteiger partial charge in [0.25, 0.3) is 0 Å². The maximum atomic E-state index is 6.05. The number of hydrogen-bond acceptors (Lipinski definition) is 4. The van der Waals surface area contributed by atoms with Gasteiger partial charge in [-0.2, -0.15) is 0 Å². The highest BCUT2D eigenvalue weighted by Crippen LogP contribution is 2.34. The van der Waals surface area contributed by atoms with Crippen molar-refractivity contribution < 1.29 is 4.42 Å². The fourth-order valence-corrected chi connectivity index (χ4v) is 5.54. The summed E-state index contributed by atoms with van der Waals surface area (Å²) in [5, 5.41) is 2.22. The lowest BCUT2D eigenvalue weighted by atomic mass is 10.0. The largest absolute Gasteiger partial charge is 0.456 e. The van der Waals surface area contributed by atoms with Crippen molar-refractivity contribution in [3.8, 4) is 56.4 Å². The third-order valence-corrected chi connectivity index (χ3v) is 7.75. The normalized spacial score (nSPS) is 11.3. The lowest BCUT2D eigenvalue weighted by Gasteiger charge is -2.10. The van der Waals surface area contributed by atoms with Gasteiger partial charge < -0.3 is 4.42 Å². The van der Waals surface area contributed by atoms with Gasteiger partial charge in [0.2, 0.25) is 0 Å². The minimum Gasteiger partial charge on any atom is -0.456 e. The molecule has 0 amide bonds. The molecule has 0 N–H and O–H groups in total. The van der Waals surface area contributed by atoms with Gasteiger partial charge in [-0.25, -0.2) is 15.0 Å². The molecule has 0 fully saturated rings. The summed E-state index contributed by atoms with van der Waals surface area (Å²) in [6.45, 7) is 0. The number of furan rings is 1. The van der Waals surface area contributed by atoms with Gasteiger partial charge in [0, 0.05) is 27.5 Å². The number of rotatable bonds is 5. The maximum Gasteiger partial charge on any atom is 0.164 e. The first-order valence-electron chi connectivity index (χ1n) is 14.3. The summed E-state index contributed by atoms with van der Waals surface area (Å²) < 4.78 is 6.05. The summed E-state index contributed by atoms with van der Waals surface area (Å²) in [5.74, 6) is 1.91. The maximum absolute atomic E-state index is 6.05. The average Bonchev–Trinajstić information content (AvgIpc) is 3.47. The predicted molar refractivity (Wildman–Crippen MR) is 174 cm³/mol. The van der Waals surface area contributed by atoms with Crippen LogP contribution >= 0.6 is 0 Å². The van der Waals surface area contributed by atoms with Gasteiger partial charge in [-0.3, -0.25) is 0 Å². The molecule has 4 nitrogen and oxygen atoms in total. The Morgan fingerprint density at radius 2 is 0.767 bits per heavy atom. The SMILES string of the molecule is c1ccc(-c2ccc(-c3nc(-c4ccccc4)nc(-c4cccc(-c5ccc6oc7ccccc7c6c5)c4)n3)cc2)cc1. The number of nitrogens with zero attached hydrogens (tertiary/aromatic N) is 3. The number of para-hydroxylation sites is 1. The Labute approximate surface area is 249 Å². The third-order valence-electron chi connectivity index (χ3n) is 7.75. The van der Waals surface area contributed by atoms with Crippen molar-refractivity contribution in [2.75, 3.05) is 0 Å². The molecule has 8 rings (SSSR count). The zero-order valence-corrected chi connectivity index (χ0v) is 23.2. The van der Waals surface area contributed by atoms with Crippen molar-refractivity contribution in [2.24, 2.45) is 0 Å². The Kier molecular flexibility index (Phi) is 6.08. The van der Waals surface area contributed by atoms with Crippen molar-refractivity contribution >= 4 is 21.9 Å². The van der Waals surface area contributed by atoms with E-state index in [4.69, 9.17) is 19.4 Å². The van der Waals surface area contributed by atoms with Crippen LogP contribution in [0.25, 0.3) is 78.4 Å². The number of benzene rings is 6. The van der Waals surface area contributed by atoms with Crippen LogP contribution in [0.5, 0.6) is 0 Å². The molecule has 8 aromatic rings. The summed E-state index contributed by atoms with van der Waals surface area (Å²) >= 11 is 0. The zero-order valence-electron chi connectivity index (χ0n) is 23.2. The van der Waals surface area contributed by atoms with Gasteiger partial charge in [-0.15, -0.1) is 0 Å². The van der Waals surface area contributed by atoms with E-state index in [0.29, 0.717) is 17.5 Å². The van der Waals surface area contributed by atoms with Crippen LogP contribution in [0.4, 0.5) is 0 Å².